The predicted molar refractivity (Wildman–Crippen MR) is 36.0 cm³/mol. The second-order valence-electron chi connectivity index (χ2n) is 2.72. The molecule has 0 aromatic heterocycles. The normalized spacial score (nSPS) is 44.8. The number of aliphatic hydroxyl groups excluding tert-OH is 5. The fourth-order valence-corrected chi connectivity index (χ4v) is 1.11. The highest BCUT2D eigenvalue weighted by Crippen LogP contribution is 2.21. The van der Waals surface area contributed by atoms with Gasteiger partial charge in [-0.15, -0.1) is 0 Å². The van der Waals surface area contributed by atoms with Crippen LogP contribution in [0.3, 0.4) is 0 Å². The molecular weight excluding hydrogens is 168 g/mol. The van der Waals surface area contributed by atoms with Crippen molar-refractivity contribution in [3.05, 3.63) is 0 Å². The van der Waals surface area contributed by atoms with Gasteiger partial charge in [0.25, 0.3) is 0 Å². The molecule has 12 heavy (non-hydrogen) atoms. The molecular formula is C6H12O6. The molecule has 1 fully saturated rings. The molecule has 1 aliphatic rings. The van der Waals surface area contributed by atoms with Crippen LogP contribution in [0.4, 0.5) is 0 Å². The predicted octanol–water partition coefficient (Wildman–Crippen LogP) is -3.22. The van der Waals surface area contributed by atoms with Crippen LogP contribution in [-0.4, -0.2) is 62.8 Å². The van der Waals surface area contributed by atoms with Gasteiger partial charge in [0.05, 0.1) is 6.61 Å². The summed E-state index contributed by atoms with van der Waals surface area (Å²) in [5.74, 6) is 0. The van der Waals surface area contributed by atoms with Gasteiger partial charge in [-0.3, -0.25) is 0 Å². The highest BCUT2D eigenvalue weighted by molar-refractivity contribution is 4.89. The Kier molecular flexibility index (Phi) is 2.99. The van der Waals surface area contributed by atoms with Gasteiger partial charge in [0.15, 0.2) is 6.29 Å². The number of aliphatic hydroxyl groups is 5. The number of hydrogen-bond donors (Lipinski definition) is 5. The summed E-state index contributed by atoms with van der Waals surface area (Å²) in [4.78, 5) is 0. The summed E-state index contributed by atoms with van der Waals surface area (Å²) < 4.78 is 4.58. The molecule has 0 saturated carbocycles. The highest BCUT2D eigenvalue weighted by Gasteiger charge is 2.44. The van der Waals surface area contributed by atoms with Crippen LogP contribution >= 0.6 is 0 Å². The van der Waals surface area contributed by atoms with E-state index < -0.39 is 37.3 Å². The van der Waals surface area contributed by atoms with E-state index in [2.05, 4.69) is 4.74 Å². The van der Waals surface area contributed by atoms with Crippen LogP contribution in [0.25, 0.3) is 0 Å². The maximum atomic E-state index is 9.12. The Morgan fingerprint density at radius 1 is 1.17 bits per heavy atom. The van der Waals surface area contributed by atoms with E-state index in [4.69, 9.17) is 25.5 Å². The molecule has 0 aliphatic carbocycles. The van der Waals surface area contributed by atoms with Crippen LogP contribution in [-0.2, 0) is 4.74 Å². The minimum absolute atomic E-state index is 0.596. The molecule has 1 rings (SSSR count). The summed E-state index contributed by atoms with van der Waals surface area (Å²) >= 11 is 0. The van der Waals surface area contributed by atoms with Crippen LogP contribution in [0, 0.1) is 0 Å². The van der Waals surface area contributed by atoms with E-state index in [1.54, 1.807) is 0 Å². The van der Waals surface area contributed by atoms with Crippen molar-refractivity contribution in [1.82, 2.24) is 0 Å². The molecule has 6 nitrogen and oxygen atoms in total. The maximum Gasteiger partial charge on any atom is 0.184 e. The third-order valence-electron chi connectivity index (χ3n) is 1.84. The summed E-state index contributed by atoms with van der Waals surface area (Å²) in [5.41, 5.74) is 0. The molecule has 0 spiro atoms. The van der Waals surface area contributed by atoms with Crippen molar-refractivity contribution in [2.45, 2.75) is 30.7 Å². The van der Waals surface area contributed by atoms with Gasteiger partial charge < -0.3 is 30.3 Å². The lowest BCUT2D eigenvalue weighted by molar-refractivity contribution is -0.150. The molecule has 1 saturated heterocycles. The molecule has 1 unspecified atom stereocenters. The van der Waals surface area contributed by atoms with Gasteiger partial charge in [0, 0.05) is 0 Å². The summed E-state index contributed by atoms with van der Waals surface area (Å²) in [6.07, 6.45) is -6.75. The molecule has 0 radical (unpaired) electrons. The first-order valence-electron chi connectivity index (χ1n) is 3.56. The molecule has 0 amide bonds. The Morgan fingerprint density at radius 2 is 1.75 bits per heavy atom. The van der Waals surface area contributed by atoms with Crippen LogP contribution < -0.4 is 0 Å². The van der Waals surface area contributed by atoms with E-state index >= 15 is 0 Å². The third kappa shape index (κ3) is 1.58. The zero-order valence-corrected chi connectivity index (χ0v) is 6.24. The van der Waals surface area contributed by atoms with Crippen molar-refractivity contribution in [3.63, 3.8) is 0 Å². The van der Waals surface area contributed by atoms with E-state index in [1.807, 2.05) is 0 Å². The van der Waals surface area contributed by atoms with Gasteiger partial charge >= 0.3 is 0 Å². The first-order chi connectivity index (χ1) is 5.57. The van der Waals surface area contributed by atoms with Crippen molar-refractivity contribution in [1.29, 1.82) is 0 Å². The summed E-state index contributed by atoms with van der Waals surface area (Å²) in [7, 11) is 0. The Balaban J connectivity index is 2.58. The average molecular weight is 180 g/mol. The summed E-state index contributed by atoms with van der Waals surface area (Å²) in [6.45, 7) is -0.596. The fourth-order valence-electron chi connectivity index (χ4n) is 1.11. The van der Waals surface area contributed by atoms with Crippen molar-refractivity contribution >= 4 is 0 Å². The second kappa shape index (κ2) is 3.65. The van der Waals surface area contributed by atoms with E-state index in [-0.39, 0.29) is 0 Å². The van der Waals surface area contributed by atoms with Gasteiger partial charge in [-0.2, -0.15) is 0 Å². The summed E-state index contributed by atoms with van der Waals surface area (Å²) in [6, 6.07) is 0. The molecule has 6 heteroatoms. The largest absolute Gasteiger partial charge is 0.394 e. The molecule has 72 valence electrons. The lowest BCUT2D eigenvalue weighted by atomic mass is 10.1. The van der Waals surface area contributed by atoms with Crippen molar-refractivity contribution in [2.24, 2.45) is 0 Å². The molecule has 0 bridgehead atoms. The zero-order chi connectivity index (χ0) is 9.30. The Bertz CT molecular complexity index is 151. The smallest absolute Gasteiger partial charge is 0.184 e. The minimum Gasteiger partial charge on any atom is -0.394 e. The lowest BCUT2D eigenvalue weighted by Gasteiger charge is -2.18. The first kappa shape index (κ1) is 9.85. The number of rotatable bonds is 2. The Labute approximate surface area is 68.6 Å². The van der Waals surface area contributed by atoms with Crippen molar-refractivity contribution < 1.29 is 30.3 Å². The Morgan fingerprint density at radius 3 is 2.08 bits per heavy atom. The zero-order valence-electron chi connectivity index (χ0n) is 6.24. The SMILES string of the molecule is OCC(O)[C@H]1O[C@H](O)[C@H](O)[C@H]1O. The number of hydrogen-bond acceptors (Lipinski definition) is 6. The van der Waals surface area contributed by atoms with Gasteiger partial charge in [-0.05, 0) is 0 Å². The maximum absolute atomic E-state index is 9.12. The van der Waals surface area contributed by atoms with Gasteiger partial charge in [0.2, 0.25) is 0 Å². The topological polar surface area (TPSA) is 110 Å². The van der Waals surface area contributed by atoms with Crippen LogP contribution in [0.1, 0.15) is 0 Å². The fraction of sp³-hybridized carbons (Fsp3) is 1.00. The Hall–Kier alpha value is -0.240. The van der Waals surface area contributed by atoms with Crippen LogP contribution in [0.2, 0.25) is 0 Å². The molecule has 0 aromatic carbocycles. The first-order valence-corrected chi connectivity index (χ1v) is 3.56. The average Bonchev–Trinajstić information content (AvgIpc) is 2.32. The standard InChI is InChI=1S/C6H12O6/c7-1-2(8)5-3(9)4(10)6(11)12-5/h2-11H,1H2/t2?,3-,4-,5-,6+/m1/s1. The van der Waals surface area contributed by atoms with Gasteiger partial charge in [-0.1, -0.05) is 0 Å². The van der Waals surface area contributed by atoms with E-state index in [9.17, 15) is 0 Å². The van der Waals surface area contributed by atoms with E-state index in [1.165, 1.54) is 0 Å². The van der Waals surface area contributed by atoms with Crippen LogP contribution in [0.5, 0.6) is 0 Å². The summed E-state index contributed by atoms with van der Waals surface area (Å²) in [5, 5.41) is 44.4. The van der Waals surface area contributed by atoms with Gasteiger partial charge in [-0.25, -0.2) is 0 Å². The van der Waals surface area contributed by atoms with Gasteiger partial charge in [0.1, 0.15) is 24.4 Å². The minimum atomic E-state index is -1.51. The molecule has 1 heterocycles. The van der Waals surface area contributed by atoms with Crippen molar-refractivity contribution in [3.8, 4) is 0 Å². The second-order valence-corrected chi connectivity index (χ2v) is 2.72. The van der Waals surface area contributed by atoms with E-state index in [0.717, 1.165) is 0 Å². The lowest BCUT2D eigenvalue weighted by Crippen LogP contribution is -2.40. The highest BCUT2D eigenvalue weighted by atomic mass is 16.6. The van der Waals surface area contributed by atoms with Crippen LogP contribution in [0.15, 0.2) is 0 Å². The van der Waals surface area contributed by atoms with Crippen molar-refractivity contribution in [2.75, 3.05) is 6.61 Å². The monoisotopic (exact) mass is 180 g/mol. The molecule has 5 N–H and O–H groups in total. The molecule has 1 aliphatic heterocycles. The quantitative estimate of drug-likeness (QED) is 0.306. The van der Waals surface area contributed by atoms with E-state index in [0.29, 0.717) is 0 Å². The molecule has 0 aromatic rings. The third-order valence-corrected chi connectivity index (χ3v) is 1.84. The number of ether oxygens (including phenoxy) is 1. The molecule has 5 atom stereocenters.